The maximum Gasteiger partial charge on any atom is 0.224 e. The van der Waals surface area contributed by atoms with E-state index in [4.69, 9.17) is 16.2 Å². The molecule has 0 aliphatic carbocycles. The van der Waals surface area contributed by atoms with Gasteiger partial charge in [-0.3, -0.25) is 0 Å². The zero-order chi connectivity index (χ0) is 15.2. The molecule has 0 saturated heterocycles. The van der Waals surface area contributed by atoms with Gasteiger partial charge in [0.15, 0.2) is 23.0 Å². The lowest BCUT2D eigenvalue weighted by molar-refractivity contribution is -0.456. The second-order valence-corrected chi connectivity index (χ2v) is 3.93. The third-order valence-electron chi connectivity index (χ3n) is 2.46. The van der Waals surface area contributed by atoms with Gasteiger partial charge in [0.25, 0.3) is 0 Å². The van der Waals surface area contributed by atoms with Gasteiger partial charge in [-0.2, -0.15) is 0 Å². The number of rotatable bonds is 5. The van der Waals surface area contributed by atoms with Crippen LogP contribution in [0, 0.1) is 0 Å². The molecule has 0 fully saturated rings. The van der Waals surface area contributed by atoms with Crippen LogP contribution >= 0.6 is 0 Å². The molecule has 6 N–H and O–H groups in total. The molecular formula is C12H15N6O3+. The molecule has 9 nitrogen and oxygen atoms in total. The van der Waals surface area contributed by atoms with Crippen LogP contribution in [-0.4, -0.2) is 34.1 Å². The van der Waals surface area contributed by atoms with E-state index in [-0.39, 0.29) is 23.1 Å². The highest BCUT2D eigenvalue weighted by atomic mass is 16.6. The number of aromatic nitrogens is 2. The molecule has 0 amide bonds. The summed E-state index contributed by atoms with van der Waals surface area (Å²) in [5.74, 6) is 0.545. The number of nitrogens with one attached hydrogen (secondary N) is 1. The number of nitrogens with two attached hydrogens (primary N) is 2. The molecule has 0 saturated carbocycles. The molecule has 21 heavy (non-hydrogen) atoms. The number of phenols is 1. The summed E-state index contributed by atoms with van der Waals surface area (Å²) < 4.78 is 9.69. The normalized spacial score (nSPS) is 12.0. The highest BCUT2D eigenvalue weighted by Gasteiger charge is 2.12. The molecule has 0 bridgehead atoms. The highest BCUT2D eigenvalue weighted by molar-refractivity contribution is 5.98. The summed E-state index contributed by atoms with van der Waals surface area (Å²) in [5.41, 5.74) is 12.0. The summed E-state index contributed by atoms with van der Waals surface area (Å²) in [6, 6.07) is 4.86. The van der Waals surface area contributed by atoms with Crippen LogP contribution in [0.1, 0.15) is 18.2 Å². The van der Waals surface area contributed by atoms with Crippen LogP contribution in [0.25, 0.3) is 0 Å². The van der Waals surface area contributed by atoms with Gasteiger partial charge in [0.1, 0.15) is 0 Å². The average molecular weight is 291 g/mol. The van der Waals surface area contributed by atoms with Crippen LogP contribution in [0.4, 0.5) is 5.82 Å². The van der Waals surface area contributed by atoms with Crippen molar-refractivity contribution in [2.45, 2.75) is 6.92 Å². The van der Waals surface area contributed by atoms with Gasteiger partial charge < -0.3 is 21.3 Å². The lowest BCUT2D eigenvalue weighted by Gasteiger charge is -2.04. The summed E-state index contributed by atoms with van der Waals surface area (Å²) in [4.78, 5) is 0. The first-order valence-corrected chi connectivity index (χ1v) is 6.08. The summed E-state index contributed by atoms with van der Waals surface area (Å²) in [6.07, 6.45) is 1.57. The third kappa shape index (κ3) is 3.47. The van der Waals surface area contributed by atoms with Gasteiger partial charge in [-0.05, 0) is 35.4 Å². The number of phenolic OH excluding ortho intramolecular Hbond substituents is 1. The molecule has 1 heterocycles. The van der Waals surface area contributed by atoms with E-state index in [1.165, 1.54) is 6.07 Å². The van der Waals surface area contributed by atoms with Gasteiger partial charge in [0, 0.05) is 10.7 Å². The second kappa shape index (κ2) is 6.37. The Labute approximate surface area is 119 Å². The van der Waals surface area contributed by atoms with E-state index in [2.05, 4.69) is 25.1 Å². The van der Waals surface area contributed by atoms with Gasteiger partial charge in [-0.25, -0.2) is 4.63 Å². The molecule has 0 radical (unpaired) electrons. The van der Waals surface area contributed by atoms with Crippen LogP contribution < -0.4 is 21.3 Å². The van der Waals surface area contributed by atoms with Crippen LogP contribution in [0.15, 0.2) is 27.9 Å². The minimum atomic E-state index is 0.0359. The van der Waals surface area contributed by atoms with Gasteiger partial charge in [-0.15, -0.1) is 5.10 Å². The number of anilines is 1. The number of hydrogen-bond donors (Lipinski definition) is 4. The molecule has 0 spiro atoms. The maximum atomic E-state index is 9.59. The summed E-state index contributed by atoms with van der Waals surface area (Å²) in [7, 11) is 0. The smallest absolute Gasteiger partial charge is 0.224 e. The number of amidine groups is 1. The Balaban J connectivity index is 2.14. The zero-order valence-electron chi connectivity index (χ0n) is 11.3. The van der Waals surface area contributed by atoms with Crippen molar-refractivity contribution in [2.75, 3.05) is 12.3 Å². The minimum absolute atomic E-state index is 0.0359. The van der Waals surface area contributed by atoms with Crippen LogP contribution in [0.2, 0.25) is 0 Å². The Morgan fingerprint density at radius 2 is 2.33 bits per heavy atom. The first-order chi connectivity index (χ1) is 10.1. The lowest BCUT2D eigenvalue weighted by atomic mass is 10.2. The molecule has 2 aromatic rings. The van der Waals surface area contributed by atoms with E-state index < -0.39 is 0 Å². The van der Waals surface area contributed by atoms with Crippen molar-refractivity contribution in [2.24, 2.45) is 10.8 Å². The Hall–Kier alpha value is -3.10. The van der Waals surface area contributed by atoms with Crippen molar-refractivity contribution in [3.8, 4) is 11.5 Å². The fraction of sp³-hybridized carbons (Fsp3) is 0.167. The van der Waals surface area contributed by atoms with E-state index in [1.807, 2.05) is 6.92 Å². The largest absolute Gasteiger partial charge is 0.504 e. The number of hydrogen-bond acceptors (Lipinski definition) is 7. The lowest BCUT2D eigenvalue weighted by Crippen LogP contribution is -2.63. The van der Waals surface area contributed by atoms with E-state index in [9.17, 15) is 5.11 Å². The molecule has 0 aliphatic rings. The Morgan fingerprint density at radius 1 is 1.52 bits per heavy atom. The first-order valence-electron chi connectivity index (χ1n) is 6.08. The van der Waals surface area contributed by atoms with E-state index in [1.54, 1.807) is 18.3 Å². The first kappa shape index (κ1) is 14.3. The van der Waals surface area contributed by atoms with Crippen molar-refractivity contribution in [1.82, 2.24) is 10.3 Å². The van der Waals surface area contributed by atoms with Gasteiger partial charge in [-0.1, -0.05) is 0 Å². The quantitative estimate of drug-likeness (QED) is 0.300. The molecule has 0 unspecified atom stereocenters. The molecule has 0 aliphatic heterocycles. The van der Waals surface area contributed by atoms with Crippen LogP contribution in [0.5, 0.6) is 11.5 Å². The van der Waals surface area contributed by atoms with Gasteiger partial charge in [0.05, 0.1) is 6.61 Å². The number of nitrogen functional groups attached to an aromatic ring is 1. The molecular weight excluding hydrogens is 276 g/mol. The Morgan fingerprint density at radius 3 is 3.00 bits per heavy atom. The number of aromatic hydroxyl groups is 1. The molecule has 0 atom stereocenters. The minimum Gasteiger partial charge on any atom is -0.504 e. The van der Waals surface area contributed by atoms with Crippen LogP contribution in [-0.2, 0) is 0 Å². The number of nitrogens with zero attached hydrogens (tertiary/aromatic N) is 3. The maximum absolute atomic E-state index is 9.59. The molecule has 1 aromatic heterocycles. The number of benzene rings is 1. The number of ether oxygens (including phenoxy) is 1. The fourth-order valence-corrected chi connectivity index (χ4v) is 1.49. The van der Waals surface area contributed by atoms with Gasteiger partial charge >= 0.3 is 0 Å². The van der Waals surface area contributed by atoms with E-state index in [0.717, 1.165) is 5.56 Å². The van der Waals surface area contributed by atoms with Crippen molar-refractivity contribution >= 4 is 17.9 Å². The average Bonchev–Trinajstić information content (AvgIpc) is 2.89. The zero-order valence-corrected chi connectivity index (χ0v) is 11.3. The molecule has 2 rings (SSSR count). The molecule has 9 heteroatoms. The van der Waals surface area contributed by atoms with Crippen molar-refractivity contribution < 1.29 is 19.6 Å². The topological polar surface area (TPSA) is 147 Å². The number of hydrazone groups is 1. The SMILES string of the molecule is CCOc1cc(C=[NH+]N=C(N)c2nonc2N)ccc1O. The monoisotopic (exact) mass is 291 g/mol. The second-order valence-electron chi connectivity index (χ2n) is 3.93. The van der Waals surface area contributed by atoms with Crippen molar-refractivity contribution in [3.63, 3.8) is 0 Å². The third-order valence-corrected chi connectivity index (χ3v) is 2.46. The summed E-state index contributed by atoms with van der Waals surface area (Å²) in [6.45, 7) is 2.28. The summed E-state index contributed by atoms with van der Waals surface area (Å²) >= 11 is 0. The van der Waals surface area contributed by atoms with Crippen molar-refractivity contribution in [3.05, 3.63) is 29.5 Å². The van der Waals surface area contributed by atoms with Gasteiger partial charge in [0.2, 0.25) is 12.1 Å². The predicted molar refractivity (Wildman–Crippen MR) is 74.8 cm³/mol. The fourth-order valence-electron chi connectivity index (χ4n) is 1.49. The van der Waals surface area contributed by atoms with Crippen molar-refractivity contribution in [1.29, 1.82) is 0 Å². The van der Waals surface area contributed by atoms with Crippen LogP contribution in [0.3, 0.4) is 0 Å². The van der Waals surface area contributed by atoms with E-state index >= 15 is 0 Å². The van der Waals surface area contributed by atoms with E-state index in [0.29, 0.717) is 12.4 Å². The standard InChI is InChI=1S/C12H14N6O3/c1-2-20-9-5-7(3-4-8(9)19)6-15-16-11(13)10-12(14)18-21-17-10/h3-6,19H,2H2,1H3,(H2,13,16)(H2,14,18)/p+1. The summed E-state index contributed by atoms with van der Waals surface area (Å²) in [5, 5.41) is 23.0. The highest BCUT2D eigenvalue weighted by Crippen LogP contribution is 2.25. The predicted octanol–water partition coefficient (Wildman–Crippen LogP) is -1.42. The molecule has 1 aromatic carbocycles. The Bertz CT molecular complexity index is 679. The Kier molecular flexibility index (Phi) is 4.34. The molecule has 110 valence electrons.